The van der Waals surface area contributed by atoms with Crippen LogP contribution < -0.4 is 11.5 Å². The number of amides is 1. The SMILES string of the molecule is NC(=O)C1CCCCN1S(=O)(=O)Cc1ccccc1N. The summed E-state index contributed by atoms with van der Waals surface area (Å²) < 4.78 is 26.2. The summed E-state index contributed by atoms with van der Waals surface area (Å²) in [6.07, 6.45) is 2.04. The van der Waals surface area contributed by atoms with Crippen molar-refractivity contribution in [2.24, 2.45) is 5.73 Å². The highest BCUT2D eigenvalue weighted by Crippen LogP contribution is 2.24. The lowest BCUT2D eigenvalue weighted by atomic mass is 10.0. The summed E-state index contributed by atoms with van der Waals surface area (Å²) in [6.45, 7) is 0.336. The minimum Gasteiger partial charge on any atom is -0.398 e. The van der Waals surface area contributed by atoms with Gasteiger partial charge < -0.3 is 11.5 Å². The molecule has 0 saturated carbocycles. The molecule has 2 rings (SSSR count). The molecule has 1 aliphatic heterocycles. The summed E-state index contributed by atoms with van der Waals surface area (Å²) in [6, 6.07) is 6.09. The molecule has 1 fully saturated rings. The summed E-state index contributed by atoms with van der Waals surface area (Å²) in [4.78, 5) is 11.4. The first-order valence-corrected chi connectivity index (χ1v) is 8.15. The Balaban J connectivity index is 2.25. The van der Waals surface area contributed by atoms with Crippen LogP contribution in [0.2, 0.25) is 0 Å². The van der Waals surface area contributed by atoms with Gasteiger partial charge in [-0.1, -0.05) is 24.6 Å². The molecule has 0 spiro atoms. The highest BCUT2D eigenvalue weighted by molar-refractivity contribution is 7.88. The zero-order valence-corrected chi connectivity index (χ0v) is 12.0. The van der Waals surface area contributed by atoms with Gasteiger partial charge in [-0.25, -0.2) is 8.42 Å². The highest BCUT2D eigenvalue weighted by atomic mass is 32.2. The lowest BCUT2D eigenvalue weighted by Crippen LogP contribution is -2.50. The summed E-state index contributed by atoms with van der Waals surface area (Å²) in [7, 11) is -3.60. The van der Waals surface area contributed by atoms with E-state index in [2.05, 4.69) is 0 Å². The highest BCUT2D eigenvalue weighted by Gasteiger charge is 2.35. The number of nitrogen functional groups attached to an aromatic ring is 1. The van der Waals surface area contributed by atoms with E-state index in [9.17, 15) is 13.2 Å². The zero-order chi connectivity index (χ0) is 14.8. The first-order chi connectivity index (χ1) is 9.42. The Morgan fingerprint density at radius 2 is 2.00 bits per heavy atom. The molecule has 1 aromatic rings. The van der Waals surface area contributed by atoms with E-state index in [0.717, 1.165) is 12.8 Å². The summed E-state index contributed by atoms with van der Waals surface area (Å²) in [5.41, 5.74) is 12.1. The van der Waals surface area contributed by atoms with Crippen molar-refractivity contribution in [2.75, 3.05) is 12.3 Å². The number of nitrogens with two attached hydrogens (primary N) is 2. The summed E-state index contributed by atoms with van der Waals surface area (Å²) in [5, 5.41) is 0. The van der Waals surface area contributed by atoms with Gasteiger partial charge in [0.05, 0.1) is 5.75 Å². The number of benzene rings is 1. The van der Waals surface area contributed by atoms with Gasteiger partial charge in [0.25, 0.3) is 0 Å². The van der Waals surface area contributed by atoms with Crippen molar-refractivity contribution in [3.63, 3.8) is 0 Å². The van der Waals surface area contributed by atoms with Crippen LogP contribution in [0.3, 0.4) is 0 Å². The summed E-state index contributed by atoms with van der Waals surface area (Å²) in [5.74, 6) is -0.794. The molecule has 1 aliphatic rings. The molecule has 6 nitrogen and oxygen atoms in total. The molecule has 1 heterocycles. The molecular formula is C13H19N3O3S. The monoisotopic (exact) mass is 297 g/mol. The lowest BCUT2D eigenvalue weighted by Gasteiger charge is -2.32. The Morgan fingerprint density at radius 1 is 1.30 bits per heavy atom. The van der Waals surface area contributed by atoms with Crippen LogP contribution in [-0.2, 0) is 20.6 Å². The smallest absolute Gasteiger partial charge is 0.235 e. The van der Waals surface area contributed by atoms with Crippen LogP contribution in [0.4, 0.5) is 5.69 Å². The maximum Gasteiger partial charge on any atom is 0.235 e. The predicted octanol–water partition coefficient (Wildman–Crippen LogP) is 0.438. The number of carbonyl (C=O) groups is 1. The third kappa shape index (κ3) is 3.10. The van der Waals surface area contributed by atoms with E-state index in [-0.39, 0.29) is 5.75 Å². The van der Waals surface area contributed by atoms with Crippen molar-refractivity contribution in [1.82, 2.24) is 4.31 Å². The Bertz CT molecular complexity index is 601. The van der Waals surface area contributed by atoms with Gasteiger partial charge in [-0.3, -0.25) is 4.79 Å². The number of carbonyl (C=O) groups excluding carboxylic acids is 1. The number of primary amides is 1. The van der Waals surface area contributed by atoms with E-state index < -0.39 is 22.0 Å². The average Bonchev–Trinajstić information content (AvgIpc) is 2.41. The van der Waals surface area contributed by atoms with Gasteiger partial charge in [0, 0.05) is 12.2 Å². The van der Waals surface area contributed by atoms with Crippen molar-refractivity contribution in [3.05, 3.63) is 29.8 Å². The molecule has 0 aromatic heterocycles. The van der Waals surface area contributed by atoms with Crippen molar-refractivity contribution >= 4 is 21.6 Å². The third-order valence-corrected chi connectivity index (χ3v) is 5.36. The first-order valence-electron chi connectivity index (χ1n) is 6.54. The molecule has 0 bridgehead atoms. The van der Waals surface area contributed by atoms with Gasteiger partial charge in [0.2, 0.25) is 15.9 Å². The fourth-order valence-corrected chi connectivity index (χ4v) is 4.29. The number of hydrogen-bond donors (Lipinski definition) is 2. The number of rotatable bonds is 4. The van der Waals surface area contributed by atoms with Gasteiger partial charge in [-0.15, -0.1) is 0 Å². The summed E-state index contributed by atoms with van der Waals surface area (Å²) >= 11 is 0. The quantitative estimate of drug-likeness (QED) is 0.786. The fraction of sp³-hybridized carbons (Fsp3) is 0.462. The molecule has 110 valence electrons. The normalized spacial score (nSPS) is 20.7. The molecular weight excluding hydrogens is 278 g/mol. The van der Waals surface area contributed by atoms with Gasteiger partial charge in [0.1, 0.15) is 6.04 Å². The van der Waals surface area contributed by atoms with Crippen molar-refractivity contribution in [2.45, 2.75) is 31.1 Å². The molecule has 1 unspecified atom stereocenters. The lowest BCUT2D eigenvalue weighted by molar-refractivity contribution is -0.122. The minimum atomic E-state index is -3.60. The van der Waals surface area contributed by atoms with E-state index >= 15 is 0 Å². The molecule has 1 saturated heterocycles. The van der Waals surface area contributed by atoms with E-state index in [1.54, 1.807) is 24.3 Å². The van der Waals surface area contributed by atoms with Gasteiger partial charge >= 0.3 is 0 Å². The molecule has 1 atom stereocenters. The van der Waals surface area contributed by atoms with Crippen molar-refractivity contribution in [1.29, 1.82) is 0 Å². The number of sulfonamides is 1. The topological polar surface area (TPSA) is 106 Å². The molecule has 0 aliphatic carbocycles. The number of nitrogens with zero attached hydrogens (tertiary/aromatic N) is 1. The Labute approximate surface area is 118 Å². The van der Waals surface area contributed by atoms with E-state index in [4.69, 9.17) is 11.5 Å². The first kappa shape index (κ1) is 14.8. The average molecular weight is 297 g/mol. The Hall–Kier alpha value is -1.60. The Morgan fingerprint density at radius 3 is 2.65 bits per heavy atom. The number of piperidine rings is 1. The largest absolute Gasteiger partial charge is 0.398 e. The van der Waals surface area contributed by atoms with E-state index in [0.29, 0.717) is 24.2 Å². The van der Waals surface area contributed by atoms with Crippen LogP contribution in [0.25, 0.3) is 0 Å². The van der Waals surface area contributed by atoms with Crippen LogP contribution in [0, 0.1) is 0 Å². The van der Waals surface area contributed by atoms with Gasteiger partial charge in [-0.05, 0) is 24.5 Å². The van der Waals surface area contributed by atoms with E-state index in [1.807, 2.05) is 0 Å². The van der Waals surface area contributed by atoms with Gasteiger partial charge in [0.15, 0.2) is 0 Å². The fourth-order valence-electron chi connectivity index (χ4n) is 2.47. The third-order valence-electron chi connectivity index (χ3n) is 3.53. The molecule has 7 heteroatoms. The zero-order valence-electron chi connectivity index (χ0n) is 11.2. The number of hydrogen-bond acceptors (Lipinski definition) is 4. The minimum absolute atomic E-state index is 0.205. The predicted molar refractivity (Wildman–Crippen MR) is 77.0 cm³/mol. The maximum atomic E-state index is 12.5. The maximum absolute atomic E-state index is 12.5. The van der Waals surface area contributed by atoms with Crippen molar-refractivity contribution < 1.29 is 13.2 Å². The molecule has 20 heavy (non-hydrogen) atoms. The number of para-hydroxylation sites is 1. The van der Waals surface area contributed by atoms with Crippen LogP contribution in [0.1, 0.15) is 24.8 Å². The standard InChI is InChI=1S/C13H19N3O3S/c14-11-6-2-1-5-10(11)9-20(18,19)16-8-4-3-7-12(16)13(15)17/h1-2,5-6,12H,3-4,7-9,14H2,(H2,15,17). The van der Waals surface area contributed by atoms with Crippen LogP contribution >= 0.6 is 0 Å². The van der Waals surface area contributed by atoms with Crippen molar-refractivity contribution in [3.8, 4) is 0 Å². The molecule has 1 aromatic carbocycles. The number of anilines is 1. The second-order valence-corrected chi connectivity index (χ2v) is 6.90. The van der Waals surface area contributed by atoms with E-state index in [1.165, 1.54) is 4.31 Å². The second kappa shape index (κ2) is 5.80. The second-order valence-electron chi connectivity index (χ2n) is 4.98. The van der Waals surface area contributed by atoms with Crippen LogP contribution in [0.15, 0.2) is 24.3 Å². The Kier molecular flexibility index (Phi) is 4.29. The molecule has 1 amide bonds. The van der Waals surface area contributed by atoms with Crippen LogP contribution in [0.5, 0.6) is 0 Å². The molecule has 0 radical (unpaired) electrons. The van der Waals surface area contributed by atoms with Crippen LogP contribution in [-0.4, -0.2) is 31.2 Å². The molecule has 4 N–H and O–H groups in total. The van der Waals surface area contributed by atoms with Gasteiger partial charge in [-0.2, -0.15) is 4.31 Å².